The van der Waals surface area contributed by atoms with Crippen molar-refractivity contribution in [1.82, 2.24) is 0 Å². The Morgan fingerprint density at radius 2 is 0.507 bits per heavy atom. The lowest BCUT2D eigenvalue weighted by atomic mass is 9.99. The number of rotatable bonds is 63. The molecule has 0 saturated carbocycles. The molecule has 0 amide bonds. The maximum atomic E-state index is 12.9. The van der Waals surface area contributed by atoms with Crippen molar-refractivity contribution in [2.45, 2.75) is 400 Å². The second-order valence-electron chi connectivity index (χ2n) is 24.5. The summed E-state index contributed by atoms with van der Waals surface area (Å²) in [4.78, 5) is 38.4. The Balaban J connectivity index is 4.24. The van der Waals surface area contributed by atoms with Gasteiger partial charge in [-0.2, -0.15) is 0 Å². The lowest BCUT2D eigenvalue weighted by Gasteiger charge is -2.18. The van der Waals surface area contributed by atoms with Crippen LogP contribution < -0.4 is 0 Å². The molecule has 0 bridgehead atoms. The van der Waals surface area contributed by atoms with Gasteiger partial charge in [-0.25, -0.2) is 0 Å². The molecule has 0 radical (unpaired) electrons. The van der Waals surface area contributed by atoms with Gasteiger partial charge in [0.05, 0.1) is 0 Å². The van der Waals surface area contributed by atoms with Crippen molar-refractivity contribution in [2.75, 3.05) is 13.2 Å². The first-order valence-electron chi connectivity index (χ1n) is 34.3. The molecule has 0 heterocycles. The SMILES string of the molecule is CCCCCCCCCCCCCCCCC(=O)OC[C@@H](COC(=O)CCCCCCCCCCCCCCCCCCCCC(C)CC)OC(=O)CCCCCCCCCCCCCCCCCCCCC(C)C. The molecule has 0 aromatic heterocycles. The first-order chi connectivity index (χ1) is 36.8. The molecule has 446 valence electrons. The van der Waals surface area contributed by atoms with E-state index in [4.69, 9.17) is 14.2 Å². The van der Waals surface area contributed by atoms with Gasteiger partial charge < -0.3 is 14.2 Å². The molecule has 75 heavy (non-hydrogen) atoms. The molecule has 0 fully saturated rings. The van der Waals surface area contributed by atoms with E-state index in [1.54, 1.807) is 0 Å². The summed E-state index contributed by atoms with van der Waals surface area (Å²) < 4.78 is 17.0. The van der Waals surface area contributed by atoms with E-state index in [9.17, 15) is 14.4 Å². The van der Waals surface area contributed by atoms with Crippen LogP contribution in [0.15, 0.2) is 0 Å². The molecule has 6 heteroatoms. The Hall–Kier alpha value is -1.59. The van der Waals surface area contributed by atoms with Gasteiger partial charge >= 0.3 is 17.9 Å². The fourth-order valence-corrected chi connectivity index (χ4v) is 10.8. The van der Waals surface area contributed by atoms with E-state index in [-0.39, 0.29) is 31.1 Å². The molecular formula is C69H134O6. The molecular weight excluding hydrogens is 925 g/mol. The Bertz CT molecular complexity index is 1150. The molecule has 0 aromatic rings. The Labute approximate surface area is 469 Å². The third-order valence-electron chi connectivity index (χ3n) is 16.3. The van der Waals surface area contributed by atoms with Gasteiger partial charge in [0, 0.05) is 19.3 Å². The zero-order chi connectivity index (χ0) is 54.6. The highest BCUT2D eigenvalue weighted by molar-refractivity contribution is 5.71. The van der Waals surface area contributed by atoms with Crippen LogP contribution >= 0.6 is 0 Å². The summed E-state index contributed by atoms with van der Waals surface area (Å²) in [5.74, 6) is 0.942. The zero-order valence-corrected chi connectivity index (χ0v) is 51.7. The number of esters is 3. The average Bonchev–Trinajstić information content (AvgIpc) is 3.40. The normalized spacial score (nSPS) is 12.4. The molecule has 0 aliphatic carbocycles. The number of hydrogen-bond acceptors (Lipinski definition) is 6. The molecule has 0 saturated heterocycles. The van der Waals surface area contributed by atoms with Crippen LogP contribution in [0.1, 0.15) is 394 Å². The van der Waals surface area contributed by atoms with E-state index in [1.807, 2.05) is 0 Å². The summed E-state index contributed by atoms with van der Waals surface area (Å²) in [6.07, 6.45) is 69.7. The maximum Gasteiger partial charge on any atom is 0.306 e. The predicted molar refractivity (Wildman–Crippen MR) is 326 cm³/mol. The summed E-state index contributed by atoms with van der Waals surface area (Å²) in [6.45, 7) is 11.5. The summed E-state index contributed by atoms with van der Waals surface area (Å²) in [5.41, 5.74) is 0. The Kier molecular flexibility index (Phi) is 60.3. The zero-order valence-electron chi connectivity index (χ0n) is 51.7. The summed E-state index contributed by atoms with van der Waals surface area (Å²) >= 11 is 0. The molecule has 0 aliphatic heterocycles. The molecule has 0 aromatic carbocycles. The minimum Gasteiger partial charge on any atom is -0.462 e. The second-order valence-corrected chi connectivity index (χ2v) is 24.5. The van der Waals surface area contributed by atoms with Gasteiger partial charge in [-0.3, -0.25) is 14.4 Å². The van der Waals surface area contributed by atoms with Crippen molar-refractivity contribution in [2.24, 2.45) is 11.8 Å². The highest BCUT2D eigenvalue weighted by Gasteiger charge is 2.20. The summed E-state index contributed by atoms with van der Waals surface area (Å²) in [6, 6.07) is 0. The van der Waals surface area contributed by atoms with E-state index in [0.717, 1.165) is 69.6 Å². The van der Waals surface area contributed by atoms with Crippen molar-refractivity contribution >= 4 is 17.9 Å². The minimum atomic E-state index is -0.764. The maximum absolute atomic E-state index is 12.9. The molecule has 1 unspecified atom stereocenters. The number of hydrogen-bond donors (Lipinski definition) is 0. The van der Waals surface area contributed by atoms with E-state index < -0.39 is 6.10 Å². The standard InChI is InChI=1S/C69H134O6/c1-6-8-9-10-11-12-13-14-29-34-39-44-49-54-59-67(70)73-62-66(75-69(72)61-56-51-46-41-36-31-26-22-17-15-19-23-27-32-37-42-47-52-57-64(3)4)63-74-68(71)60-55-50-45-40-35-30-25-21-18-16-20-24-28-33-38-43-48-53-58-65(5)7-2/h64-66H,6-63H2,1-5H3/t65?,66-/m0/s1. The molecule has 0 spiro atoms. The fraction of sp³-hybridized carbons (Fsp3) is 0.957. The van der Waals surface area contributed by atoms with Crippen LogP contribution in [0.4, 0.5) is 0 Å². The van der Waals surface area contributed by atoms with Gasteiger partial charge in [0.1, 0.15) is 13.2 Å². The largest absolute Gasteiger partial charge is 0.462 e. The van der Waals surface area contributed by atoms with Gasteiger partial charge in [0.25, 0.3) is 0 Å². The number of carbonyl (C=O) groups excluding carboxylic acids is 3. The first-order valence-corrected chi connectivity index (χ1v) is 34.3. The highest BCUT2D eigenvalue weighted by atomic mass is 16.6. The van der Waals surface area contributed by atoms with Crippen LogP contribution in [0.5, 0.6) is 0 Å². The highest BCUT2D eigenvalue weighted by Crippen LogP contribution is 2.20. The van der Waals surface area contributed by atoms with Crippen molar-refractivity contribution in [3.05, 3.63) is 0 Å². The van der Waals surface area contributed by atoms with Gasteiger partial charge in [-0.1, -0.05) is 356 Å². The van der Waals surface area contributed by atoms with Gasteiger partial charge in [-0.15, -0.1) is 0 Å². The average molecular weight is 1060 g/mol. The Morgan fingerprint density at radius 1 is 0.280 bits per heavy atom. The molecule has 0 N–H and O–H groups in total. The van der Waals surface area contributed by atoms with E-state index >= 15 is 0 Å². The molecule has 0 rings (SSSR count). The number of carbonyl (C=O) groups is 3. The van der Waals surface area contributed by atoms with E-state index in [2.05, 4.69) is 34.6 Å². The number of unbranched alkanes of at least 4 members (excludes halogenated alkanes) is 47. The third-order valence-corrected chi connectivity index (χ3v) is 16.3. The van der Waals surface area contributed by atoms with Crippen molar-refractivity contribution in [3.63, 3.8) is 0 Å². The molecule has 2 atom stereocenters. The van der Waals surface area contributed by atoms with Gasteiger partial charge in [0.15, 0.2) is 6.10 Å². The molecule has 6 nitrogen and oxygen atoms in total. The lowest BCUT2D eigenvalue weighted by molar-refractivity contribution is -0.167. The van der Waals surface area contributed by atoms with E-state index in [0.29, 0.717) is 19.3 Å². The number of ether oxygens (including phenoxy) is 3. The minimum absolute atomic E-state index is 0.0613. The topological polar surface area (TPSA) is 78.9 Å². The smallest absolute Gasteiger partial charge is 0.306 e. The van der Waals surface area contributed by atoms with Crippen LogP contribution in [-0.2, 0) is 28.6 Å². The van der Waals surface area contributed by atoms with Crippen LogP contribution in [0.3, 0.4) is 0 Å². The van der Waals surface area contributed by atoms with Crippen LogP contribution in [0.25, 0.3) is 0 Å². The summed E-state index contributed by atoms with van der Waals surface area (Å²) in [5, 5.41) is 0. The van der Waals surface area contributed by atoms with Crippen LogP contribution in [0.2, 0.25) is 0 Å². The first kappa shape index (κ1) is 73.4. The predicted octanol–water partition coefficient (Wildman–Crippen LogP) is 23.2. The van der Waals surface area contributed by atoms with Gasteiger partial charge in [-0.05, 0) is 31.1 Å². The molecule has 0 aliphatic rings. The van der Waals surface area contributed by atoms with Crippen LogP contribution in [0, 0.1) is 11.8 Å². The fourth-order valence-electron chi connectivity index (χ4n) is 10.8. The van der Waals surface area contributed by atoms with E-state index in [1.165, 1.54) is 283 Å². The summed E-state index contributed by atoms with van der Waals surface area (Å²) in [7, 11) is 0. The lowest BCUT2D eigenvalue weighted by Crippen LogP contribution is -2.30. The monoisotopic (exact) mass is 1060 g/mol. The third kappa shape index (κ3) is 61.5. The van der Waals surface area contributed by atoms with Crippen LogP contribution in [-0.4, -0.2) is 37.2 Å². The van der Waals surface area contributed by atoms with Crippen molar-refractivity contribution in [1.29, 1.82) is 0 Å². The second kappa shape index (κ2) is 61.6. The quantitative estimate of drug-likeness (QED) is 0.0343. The Morgan fingerprint density at radius 3 is 0.760 bits per heavy atom. The van der Waals surface area contributed by atoms with Crippen molar-refractivity contribution in [3.8, 4) is 0 Å². The van der Waals surface area contributed by atoms with Crippen molar-refractivity contribution < 1.29 is 28.6 Å². The van der Waals surface area contributed by atoms with Gasteiger partial charge in [0.2, 0.25) is 0 Å².